The fourth-order valence-electron chi connectivity index (χ4n) is 3.10. The molecule has 5 heteroatoms. The highest BCUT2D eigenvalue weighted by Crippen LogP contribution is 2.16. The molecule has 2 aromatic rings. The molecule has 3 rings (SSSR count). The van der Waals surface area contributed by atoms with Gasteiger partial charge in [-0.2, -0.15) is 0 Å². The lowest BCUT2D eigenvalue weighted by Gasteiger charge is -2.22. The maximum absolute atomic E-state index is 12.8. The molecule has 24 heavy (non-hydrogen) atoms. The lowest BCUT2D eigenvalue weighted by molar-refractivity contribution is 0.0700. The Morgan fingerprint density at radius 1 is 0.958 bits per heavy atom. The summed E-state index contributed by atoms with van der Waals surface area (Å²) in [7, 11) is 0. The van der Waals surface area contributed by atoms with Crippen LogP contribution in [0.2, 0.25) is 0 Å². The van der Waals surface area contributed by atoms with Gasteiger partial charge >= 0.3 is 0 Å². The Kier molecular flexibility index (Phi) is 4.69. The fraction of sp³-hybridized carbons (Fsp3) is 0.368. The molecule has 2 amide bonds. The number of carbonyl (C=O) groups excluding carboxylic acids is 2. The lowest BCUT2D eigenvalue weighted by atomic mass is 10.0. The molecule has 0 radical (unpaired) electrons. The first-order chi connectivity index (χ1) is 11.6. The van der Waals surface area contributed by atoms with Gasteiger partial charge in [-0.15, -0.1) is 0 Å². The van der Waals surface area contributed by atoms with E-state index in [1.54, 1.807) is 17.0 Å². The summed E-state index contributed by atoms with van der Waals surface area (Å²) in [6.45, 7) is 6.34. The van der Waals surface area contributed by atoms with Crippen LogP contribution in [0.15, 0.2) is 41.0 Å². The van der Waals surface area contributed by atoms with Crippen LogP contribution in [0.3, 0.4) is 0 Å². The zero-order valence-corrected chi connectivity index (χ0v) is 14.1. The average molecular weight is 326 g/mol. The van der Waals surface area contributed by atoms with Gasteiger partial charge < -0.3 is 14.2 Å². The monoisotopic (exact) mass is 326 g/mol. The molecule has 1 aliphatic rings. The summed E-state index contributed by atoms with van der Waals surface area (Å²) in [4.78, 5) is 28.8. The fourth-order valence-corrected chi connectivity index (χ4v) is 3.10. The Bertz CT molecular complexity index is 737. The van der Waals surface area contributed by atoms with Gasteiger partial charge in [-0.1, -0.05) is 17.7 Å². The summed E-state index contributed by atoms with van der Waals surface area (Å²) in [6, 6.07) is 9.26. The third-order valence-electron chi connectivity index (χ3n) is 4.41. The summed E-state index contributed by atoms with van der Waals surface area (Å²) in [5.74, 6) is 0.282. The van der Waals surface area contributed by atoms with E-state index in [1.165, 1.54) is 6.26 Å². The minimum Gasteiger partial charge on any atom is -0.459 e. The molecule has 0 N–H and O–H groups in total. The number of carbonyl (C=O) groups is 2. The molecule has 0 aliphatic carbocycles. The Morgan fingerprint density at radius 2 is 1.67 bits per heavy atom. The normalized spacial score (nSPS) is 15.2. The van der Waals surface area contributed by atoms with E-state index in [2.05, 4.69) is 0 Å². The summed E-state index contributed by atoms with van der Waals surface area (Å²) in [6.07, 6.45) is 2.27. The number of amides is 2. The van der Waals surface area contributed by atoms with Crippen molar-refractivity contribution in [3.8, 4) is 0 Å². The van der Waals surface area contributed by atoms with Crippen molar-refractivity contribution >= 4 is 11.8 Å². The summed E-state index contributed by atoms with van der Waals surface area (Å²) in [5, 5.41) is 0. The van der Waals surface area contributed by atoms with Crippen LogP contribution in [0.4, 0.5) is 0 Å². The minimum absolute atomic E-state index is 0.0415. The van der Waals surface area contributed by atoms with Crippen molar-refractivity contribution in [1.29, 1.82) is 0 Å². The molecule has 0 bridgehead atoms. The third kappa shape index (κ3) is 3.35. The van der Waals surface area contributed by atoms with E-state index in [4.69, 9.17) is 4.42 Å². The van der Waals surface area contributed by atoms with Crippen LogP contribution in [-0.4, -0.2) is 47.8 Å². The Labute approximate surface area is 141 Å². The maximum atomic E-state index is 12.8. The van der Waals surface area contributed by atoms with E-state index in [1.807, 2.05) is 36.9 Å². The van der Waals surface area contributed by atoms with Crippen LogP contribution in [0.25, 0.3) is 0 Å². The standard InChI is InChI=1S/C19H22N2O3/c1-14-6-7-16(15(2)13-14)18(22)20-8-4-9-21(11-10-20)19(23)17-5-3-12-24-17/h3,5-7,12-13H,4,8-11H2,1-2H3. The SMILES string of the molecule is Cc1ccc(C(=O)N2CCCN(C(=O)c3ccco3)CC2)c(C)c1. The minimum atomic E-state index is -0.110. The average Bonchev–Trinajstić information content (AvgIpc) is 2.98. The quantitative estimate of drug-likeness (QED) is 0.853. The van der Waals surface area contributed by atoms with Crippen LogP contribution in [0.5, 0.6) is 0 Å². The van der Waals surface area contributed by atoms with Gasteiger partial charge in [-0.05, 0) is 44.0 Å². The molecule has 5 nitrogen and oxygen atoms in total. The molecule has 1 fully saturated rings. The van der Waals surface area contributed by atoms with Crippen molar-refractivity contribution in [3.63, 3.8) is 0 Å². The first kappa shape index (κ1) is 16.3. The van der Waals surface area contributed by atoms with Gasteiger partial charge in [-0.3, -0.25) is 9.59 Å². The van der Waals surface area contributed by atoms with Gasteiger partial charge in [0.15, 0.2) is 5.76 Å². The van der Waals surface area contributed by atoms with Gasteiger partial charge in [0.2, 0.25) is 0 Å². The van der Waals surface area contributed by atoms with Crippen molar-refractivity contribution < 1.29 is 14.0 Å². The first-order valence-corrected chi connectivity index (χ1v) is 8.25. The molecular formula is C19H22N2O3. The smallest absolute Gasteiger partial charge is 0.289 e. The second-order valence-electron chi connectivity index (χ2n) is 6.23. The van der Waals surface area contributed by atoms with Gasteiger partial charge in [0.25, 0.3) is 11.8 Å². The predicted octanol–water partition coefficient (Wildman–Crippen LogP) is 2.88. The van der Waals surface area contributed by atoms with Gasteiger partial charge in [0.1, 0.15) is 0 Å². The third-order valence-corrected chi connectivity index (χ3v) is 4.41. The van der Waals surface area contributed by atoms with Crippen LogP contribution in [0.1, 0.15) is 38.5 Å². The summed E-state index contributed by atoms with van der Waals surface area (Å²) >= 11 is 0. The number of hydrogen-bond donors (Lipinski definition) is 0. The molecule has 1 saturated heterocycles. The molecular weight excluding hydrogens is 304 g/mol. The Morgan fingerprint density at radius 3 is 2.29 bits per heavy atom. The largest absolute Gasteiger partial charge is 0.459 e. The van der Waals surface area contributed by atoms with Crippen LogP contribution < -0.4 is 0 Å². The van der Waals surface area contributed by atoms with Crippen LogP contribution in [0, 0.1) is 13.8 Å². The maximum Gasteiger partial charge on any atom is 0.289 e. The van der Waals surface area contributed by atoms with E-state index in [0.717, 1.165) is 23.1 Å². The molecule has 0 spiro atoms. The molecule has 0 atom stereocenters. The number of nitrogens with zero attached hydrogens (tertiary/aromatic N) is 2. The second kappa shape index (κ2) is 6.91. The van der Waals surface area contributed by atoms with Crippen LogP contribution in [-0.2, 0) is 0 Å². The highest BCUT2D eigenvalue weighted by atomic mass is 16.3. The molecule has 1 aromatic heterocycles. The number of rotatable bonds is 2. The lowest BCUT2D eigenvalue weighted by Crippen LogP contribution is -2.37. The topological polar surface area (TPSA) is 53.8 Å². The highest BCUT2D eigenvalue weighted by molar-refractivity contribution is 5.96. The van der Waals surface area contributed by atoms with E-state index >= 15 is 0 Å². The Hall–Kier alpha value is -2.56. The van der Waals surface area contributed by atoms with Gasteiger partial charge in [-0.25, -0.2) is 0 Å². The molecule has 1 aliphatic heterocycles. The number of hydrogen-bond acceptors (Lipinski definition) is 3. The number of furan rings is 1. The van der Waals surface area contributed by atoms with Crippen molar-refractivity contribution in [2.45, 2.75) is 20.3 Å². The molecule has 0 saturated carbocycles. The van der Waals surface area contributed by atoms with Crippen molar-refractivity contribution in [2.75, 3.05) is 26.2 Å². The molecule has 1 aromatic carbocycles. The van der Waals surface area contributed by atoms with Gasteiger partial charge in [0, 0.05) is 31.7 Å². The number of aryl methyl sites for hydroxylation is 2. The first-order valence-electron chi connectivity index (χ1n) is 8.25. The van der Waals surface area contributed by atoms with E-state index in [9.17, 15) is 9.59 Å². The predicted molar refractivity (Wildman–Crippen MR) is 91.0 cm³/mol. The van der Waals surface area contributed by atoms with Crippen molar-refractivity contribution in [1.82, 2.24) is 9.80 Å². The number of benzene rings is 1. The molecule has 2 heterocycles. The molecule has 126 valence electrons. The Balaban J connectivity index is 1.69. The van der Waals surface area contributed by atoms with Crippen LogP contribution >= 0.6 is 0 Å². The van der Waals surface area contributed by atoms with Crippen molar-refractivity contribution in [3.05, 3.63) is 59.0 Å². The molecule has 0 unspecified atom stereocenters. The second-order valence-corrected chi connectivity index (χ2v) is 6.23. The van der Waals surface area contributed by atoms with Gasteiger partial charge in [0.05, 0.1) is 6.26 Å². The van der Waals surface area contributed by atoms with E-state index in [0.29, 0.717) is 31.9 Å². The van der Waals surface area contributed by atoms with E-state index in [-0.39, 0.29) is 11.8 Å². The van der Waals surface area contributed by atoms with Crippen molar-refractivity contribution in [2.24, 2.45) is 0 Å². The summed E-state index contributed by atoms with van der Waals surface area (Å²) < 4.78 is 5.19. The van der Waals surface area contributed by atoms with E-state index < -0.39 is 0 Å². The highest BCUT2D eigenvalue weighted by Gasteiger charge is 2.25. The summed E-state index contributed by atoms with van der Waals surface area (Å²) in [5.41, 5.74) is 2.88. The zero-order chi connectivity index (χ0) is 17.1. The zero-order valence-electron chi connectivity index (χ0n) is 14.1.